The smallest absolute Gasteiger partial charge is 0.0983 e. The zero-order valence-electron chi connectivity index (χ0n) is 8.13. The molecule has 0 aliphatic heterocycles. The van der Waals surface area contributed by atoms with Gasteiger partial charge in [-0.05, 0) is 19.1 Å². The normalized spacial score (nSPS) is 15.2. The predicted octanol–water partition coefficient (Wildman–Crippen LogP) is 3.03. The van der Waals surface area contributed by atoms with Crippen LogP contribution in [0.3, 0.4) is 0 Å². The van der Waals surface area contributed by atoms with Crippen LogP contribution < -0.4 is 5.73 Å². The van der Waals surface area contributed by atoms with E-state index in [9.17, 15) is 0 Å². The summed E-state index contributed by atoms with van der Waals surface area (Å²) in [6.07, 6.45) is -0.195. The van der Waals surface area contributed by atoms with Crippen molar-refractivity contribution in [2.24, 2.45) is 5.73 Å². The van der Waals surface area contributed by atoms with Gasteiger partial charge in [0.1, 0.15) is 0 Å². The molecule has 4 heteroatoms. The fourth-order valence-electron chi connectivity index (χ4n) is 1.36. The van der Waals surface area contributed by atoms with Crippen LogP contribution in [0.2, 0.25) is 10.0 Å². The van der Waals surface area contributed by atoms with E-state index in [4.69, 9.17) is 33.7 Å². The van der Waals surface area contributed by atoms with Gasteiger partial charge in [-0.25, -0.2) is 0 Å². The van der Waals surface area contributed by atoms with Gasteiger partial charge in [0, 0.05) is 28.8 Å². The molecule has 0 spiro atoms. The number of benzene rings is 1. The average Bonchev–Trinajstić information content (AvgIpc) is 2.09. The van der Waals surface area contributed by atoms with Gasteiger partial charge in [-0.1, -0.05) is 29.3 Å². The molecule has 0 radical (unpaired) electrons. The third-order valence-corrected chi connectivity index (χ3v) is 2.56. The number of hydrogen-bond donors (Lipinski definition) is 1. The highest BCUT2D eigenvalue weighted by Gasteiger charge is 2.18. The number of hydrogen-bond acceptors (Lipinski definition) is 2. The molecule has 1 aromatic rings. The quantitative estimate of drug-likeness (QED) is 0.872. The Morgan fingerprint density at radius 1 is 1.36 bits per heavy atom. The van der Waals surface area contributed by atoms with Crippen molar-refractivity contribution in [1.29, 1.82) is 0 Å². The van der Waals surface area contributed by atoms with Crippen LogP contribution in [-0.4, -0.2) is 13.2 Å². The van der Waals surface area contributed by atoms with Gasteiger partial charge in [-0.3, -0.25) is 0 Å². The van der Waals surface area contributed by atoms with Crippen molar-refractivity contribution in [2.45, 2.75) is 19.1 Å². The lowest BCUT2D eigenvalue weighted by atomic mass is 10.0. The summed E-state index contributed by atoms with van der Waals surface area (Å²) in [5.74, 6) is 0. The summed E-state index contributed by atoms with van der Waals surface area (Å²) in [4.78, 5) is 0. The second kappa shape index (κ2) is 4.99. The minimum atomic E-state index is -0.195. The lowest BCUT2D eigenvalue weighted by Gasteiger charge is -2.20. The zero-order chi connectivity index (χ0) is 10.7. The average molecular weight is 234 g/mol. The number of halogens is 2. The van der Waals surface area contributed by atoms with E-state index in [0.29, 0.717) is 10.0 Å². The van der Waals surface area contributed by atoms with E-state index in [1.54, 1.807) is 19.2 Å². The molecule has 0 aliphatic carbocycles. The second-order valence-electron chi connectivity index (χ2n) is 3.18. The Bertz CT molecular complexity index is 315. The van der Waals surface area contributed by atoms with Crippen LogP contribution in [0.4, 0.5) is 0 Å². The Morgan fingerprint density at radius 2 is 2.00 bits per heavy atom. The Hall–Kier alpha value is -0.280. The largest absolute Gasteiger partial charge is 0.375 e. The third kappa shape index (κ3) is 2.61. The number of nitrogens with two attached hydrogens (primary N) is 1. The van der Waals surface area contributed by atoms with Gasteiger partial charge in [-0.2, -0.15) is 0 Å². The molecule has 14 heavy (non-hydrogen) atoms. The molecule has 0 fully saturated rings. The first-order chi connectivity index (χ1) is 6.56. The van der Waals surface area contributed by atoms with Crippen molar-refractivity contribution in [3.05, 3.63) is 33.8 Å². The first-order valence-electron chi connectivity index (χ1n) is 4.29. The van der Waals surface area contributed by atoms with Crippen molar-refractivity contribution in [3.8, 4) is 0 Å². The Kier molecular flexibility index (Phi) is 4.20. The van der Waals surface area contributed by atoms with Gasteiger partial charge in [0.15, 0.2) is 0 Å². The number of rotatable bonds is 3. The minimum Gasteiger partial charge on any atom is -0.375 e. The Labute approximate surface area is 94.0 Å². The fourth-order valence-corrected chi connectivity index (χ4v) is 1.87. The molecular weight excluding hydrogens is 221 g/mol. The molecular formula is C10H13Cl2NO. The molecule has 2 N–H and O–H groups in total. The Morgan fingerprint density at radius 3 is 2.43 bits per heavy atom. The standard InChI is InChI=1S/C10H13Cl2NO/c1-6(13)10(14-2)8-4-3-7(11)5-9(8)12/h3-6,10H,13H2,1-2H3. The van der Waals surface area contributed by atoms with Crippen molar-refractivity contribution in [2.75, 3.05) is 7.11 Å². The lowest BCUT2D eigenvalue weighted by molar-refractivity contribution is 0.0854. The van der Waals surface area contributed by atoms with E-state index in [-0.39, 0.29) is 12.1 Å². The summed E-state index contributed by atoms with van der Waals surface area (Å²) in [7, 11) is 1.61. The van der Waals surface area contributed by atoms with Gasteiger partial charge < -0.3 is 10.5 Å². The molecule has 2 nitrogen and oxygen atoms in total. The van der Waals surface area contributed by atoms with E-state index in [0.717, 1.165) is 5.56 Å². The monoisotopic (exact) mass is 233 g/mol. The van der Waals surface area contributed by atoms with E-state index < -0.39 is 0 Å². The summed E-state index contributed by atoms with van der Waals surface area (Å²) >= 11 is 11.8. The van der Waals surface area contributed by atoms with Crippen molar-refractivity contribution in [1.82, 2.24) is 0 Å². The highest BCUT2D eigenvalue weighted by Crippen LogP contribution is 2.29. The van der Waals surface area contributed by atoms with Crippen molar-refractivity contribution < 1.29 is 4.74 Å². The van der Waals surface area contributed by atoms with Gasteiger partial charge >= 0.3 is 0 Å². The molecule has 0 bridgehead atoms. The molecule has 1 rings (SSSR count). The molecule has 0 amide bonds. The first-order valence-corrected chi connectivity index (χ1v) is 5.05. The van der Waals surface area contributed by atoms with Crippen LogP contribution in [0, 0.1) is 0 Å². The molecule has 0 aromatic heterocycles. The topological polar surface area (TPSA) is 35.2 Å². The maximum Gasteiger partial charge on any atom is 0.0983 e. The Balaban J connectivity index is 3.04. The number of methoxy groups -OCH3 is 1. The fraction of sp³-hybridized carbons (Fsp3) is 0.400. The SMILES string of the molecule is COC(c1ccc(Cl)cc1Cl)C(C)N. The molecule has 0 aliphatic rings. The molecule has 1 aromatic carbocycles. The van der Waals surface area contributed by atoms with Crippen LogP contribution in [0.15, 0.2) is 18.2 Å². The van der Waals surface area contributed by atoms with Crippen LogP contribution in [0.1, 0.15) is 18.6 Å². The summed E-state index contributed by atoms with van der Waals surface area (Å²) in [5, 5.41) is 1.19. The van der Waals surface area contributed by atoms with Gasteiger partial charge in [0.05, 0.1) is 6.10 Å². The maximum absolute atomic E-state index is 6.03. The van der Waals surface area contributed by atoms with Crippen LogP contribution in [0.5, 0.6) is 0 Å². The van der Waals surface area contributed by atoms with Gasteiger partial charge in [-0.15, -0.1) is 0 Å². The van der Waals surface area contributed by atoms with Gasteiger partial charge in [0.2, 0.25) is 0 Å². The highest BCUT2D eigenvalue weighted by molar-refractivity contribution is 6.35. The third-order valence-electron chi connectivity index (χ3n) is 2.00. The number of ether oxygens (including phenoxy) is 1. The summed E-state index contributed by atoms with van der Waals surface area (Å²) in [5.41, 5.74) is 6.64. The van der Waals surface area contributed by atoms with Gasteiger partial charge in [0.25, 0.3) is 0 Å². The minimum absolute atomic E-state index is 0.112. The van der Waals surface area contributed by atoms with E-state index >= 15 is 0 Å². The van der Waals surface area contributed by atoms with E-state index in [1.807, 2.05) is 13.0 Å². The summed E-state index contributed by atoms with van der Waals surface area (Å²) < 4.78 is 5.27. The van der Waals surface area contributed by atoms with E-state index in [2.05, 4.69) is 0 Å². The molecule has 2 atom stereocenters. The predicted molar refractivity (Wildman–Crippen MR) is 59.9 cm³/mol. The summed E-state index contributed by atoms with van der Waals surface area (Å²) in [6, 6.07) is 5.19. The first kappa shape index (κ1) is 11.8. The van der Waals surface area contributed by atoms with E-state index in [1.165, 1.54) is 0 Å². The molecule has 0 saturated heterocycles. The maximum atomic E-state index is 6.03. The molecule has 0 heterocycles. The molecule has 78 valence electrons. The van der Waals surface area contributed by atoms with Crippen LogP contribution in [-0.2, 0) is 4.74 Å². The summed E-state index contributed by atoms with van der Waals surface area (Å²) in [6.45, 7) is 1.87. The van der Waals surface area contributed by atoms with Crippen molar-refractivity contribution in [3.63, 3.8) is 0 Å². The highest BCUT2D eigenvalue weighted by atomic mass is 35.5. The second-order valence-corrected chi connectivity index (χ2v) is 4.02. The molecule has 0 saturated carbocycles. The van der Waals surface area contributed by atoms with Crippen LogP contribution in [0.25, 0.3) is 0 Å². The van der Waals surface area contributed by atoms with Crippen LogP contribution >= 0.6 is 23.2 Å². The lowest BCUT2D eigenvalue weighted by Crippen LogP contribution is -2.26. The van der Waals surface area contributed by atoms with Crippen molar-refractivity contribution >= 4 is 23.2 Å². The molecule has 2 unspecified atom stereocenters. The zero-order valence-corrected chi connectivity index (χ0v) is 9.64.